The van der Waals surface area contributed by atoms with Crippen LogP contribution >= 0.6 is 0 Å². The van der Waals surface area contributed by atoms with Gasteiger partial charge in [0.15, 0.2) is 0 Å². The highest BCUT2D eigenvalue weighted by atomic mass is 16.4. The molecule has 0 saturated heterocycles. The van der Waals surface area contributed by atoms with Gasteiger partial charge in [-0.25, -0.2) is 0 Å². The van der Waals surface area contributed by atoms with Crippen LogP contribution in [0.2, 0.25) is 0 Å². The topological polar surface area (TPSA) is 112 Å². The Morgan fingerprint density at radius 1 is 0.625 bits per heavy atom. The molecule has 0 aromatic rings. The van der Waals surface area contributed by atoms with Crippen LogP contribution in [0.15, 0.2) is 0 Å². The molecule has 6 heteroatoms. The zero-order valence-electron chi connectivity index (χ0n) is 14.9. The predicted octanol–water partition coefficient (Wildman–Crippen LogP) is 4.03. The predicted molar refractivity (Wildman–Crippen MR) is 90.9 cm³/mol. The van der Waals surface area contributed by atoms with Gasteiger partial charge in [-0.3, -0.25) is 14.4 Å². The highest BCUT2D eigenvalue weighted by Gasteiger charge is 2.32. The van der Waals surface area contributed by atoms with Gasteiger partial charge in [0, 0.05) is 0 Å². The van der Waals surface area contributed by atoms with Crippen molar-refractivity contribution in [1.29, 1.82) is 0 Å². The van der Waals surface area contributed by atoms with E-state index in [1.807, 2.05) is 13.8 Å². The zero-order valence-corrected chi connectivity index (χ0v) is 14.9. The largest absolute Gasteiger partial charge is 0.481 e. The van der Waals surface area contributed by atoms with E-state index in [4.69, 9.17) is 0 Å². The summed E-state index contributed by atoms with van der Waals surface area (Å²) in [5.74, 6) is -5.07. The molecule has 0 aliphatic heterocycles. The summed E-state index contributed by atoms with van der Waals surface area (Å²) in [6.07, 6.45) is 6.32. The average molecular weight is 344 g/mol. The molecule has 3 atom stereocenters. The van der Waals surface area contributed by atoms with Crippen molar-refractivity contribution >= 4 is 17.9 Å². The van der Waals surface area contributed by atoms with Crippen molar-refractivity contribution in [3.05, 3.63) is 0 Å². The number of carboxylic acids is 3. The van der Waals surface area contributed by atoms with E-state index in [-0.39, 0.29) is 12.3 Å². The summed E-state index contributed by atoms with van der Waals surface area (Å²) in [4.78, 5) is 34.0. The summed E-state index contributed by atoms with van der Waals surface area (Å²) < 4.78 is 0. The van der Waals surface area contributed by atoms with Gasteiger partial charge in [0.25, 0.3) is 0 Å². The van der Waals surface area contributed by atoms with Crippen LogP contribution in [-0.2, 0) is 14.4 Å². The van der Waals surface area contributed by atoms with Gasteiger partial charge < -0.3 is 15.3 Å². The quantitative estimate of drug-likeness (QED) is 0.387. The molecule has 0 aromatic heterocycles. The SMILES string of the molecule is CCCCC(CCCCC(C(=O)O)C(CCCC)C(=O)O)C(=O)O. The first kappa shape index (κ1) is 22.4. The number of rotatable bonds is 15. The normalized spacial score (nSPS) is 14.8. The molecule has 0 aromatic carbocycles. The molecule has 3 N–H and O–H groups in total. The standard InChI is InChI=1S/C18H32O6/c1-3-5-9-13(16(19)20)10-7-8-12-15(18(23)24)14(17(21)22)11-6-4-2/h13-15H,3-12H2,1-2H3,(H,19,20)(H,21,22)(H,23,24). The van der Waals surface area contributed by atoms with Crippen molar-refractivity contribution in [2.24, 2.45) is 17.8 Å². The Bertz CT molecular complexity index is 393. The second-order valence-electron chi connectivity index (χ2n) is 6.49. The van der Waals surface area contributed by atoms with Gasteiger partial charge in [-0.2, -0.15) is 0 Å². The summed E-state index contributed by atoms with van der Waals surface area (Å²) in [5.41, 5.74) is 0. The number of carboxylic acid groups (broad SMARTS) is 3. The molecule has 140 valence electrons. The van der Waals surface area contributed by atoms with Crippen LogP contribution in [0.4, 0.5) is 0 Å². The van der Waals surface area contributed by atoms with Crippen molar-refractivity contribution in [3.8, 4) is 0 Å². The van der Waals surface area contributed by atoms with Crippen LogP contribution < -0.4 is 0 Å². The third-order valence-corrected chi connectivity index (χ3v) is 4.56. The summed E-state index contributed by atoms with van der Waals surface area (Å²) in [6.45, 7) is 3.95. The molecule has 0 aliphatic rings. The Balaban J connectivity index is 4.49. The van der Waals surface area contributed by atoms with Crippen molar-refractivity contribution in [2.75, 3.05) is 0 Å². The van der Waals surface area contributed by atoms with E-state index in [1.165, 1.54) is 0 Å². The molecule has 0 heterocycles. The lowest BCUT2D eigenvalue weighted by Gasteiger charge is -2.20. The fourth-order valence-electron chi connectivity index (χ4n) is 3.01. The van der Waals surface area contributed by atoms with E-state index in [9.17, 15) is 29.7 Å². The Labute approximate surface area is 144 Å². The molecule has 0 spiro atoms. The van der Waals surface area contributed by atoms with Gasteiger partial charge in [0.05, 0.1) is 17.8 Å². The molecular formula is C18H32O6. The van der Waals surface area contributed by atoms with Crippen LogP contribution in [0.3, 0.4) is 0 Å². The molecule has 3 unspecified atom stereocenters. The second kappa shape index (κ2) is 12.8. The van der Waals surface area contributed by atoms with Crippen molar-refractivity contribution in [2.45, 2.75) is 78.1 Å². The lowest BCUT2D eigenvalue weighted by Crippen LogP contribution is -2.30. The van der Waals surface area contributed by atoms with Crippen LogP contribution in [0.1, 0.15) is 78.1 Å². The van der Waals surface area contributed by atoms with Gasteiger partial charge in [-0.15, -0.1) is 0 Å². The third kappa shape index (κ3) is 8.89. The van der Waals surface area contributed by atoms with Crippen molar-refractivity contribution < 1.29 is 29.7 Å². The minimum absolute atomic E-state index is 0.288. The van der Waals surface area contributed by atoms with Gasteiger partial charge in [0.2, 0.25) is 0 Å². The summed E-state index contributed by atoms with van der Waals surface area (Å²) in [6, 6.07) is 0. The molecule has 0 bridgehead atoms. The fourth-order valence-corrected chi connectivity index (χ4v) is 3.01. The first-order chi connectivity index (χ1) is 11.3. The summed E-state index contributed by atoms with van der Waals surface area (Å²) in [5, 5.41) is 27.8. The number of unbranched alkanes of at least 4 members (excludes halogenated alkanes) is 3. The Morgan fingerprint density at radius 2 is 1.00 bits per heavy atom. The van der Waals surface area contributed by atoms with E-state index in [0.29, 0.717) is 38.5 Å². The van der Waals surface area contributed by atoms with Crippen LogP contribution in [0.5, 0.6) is 0 Å². The zero-order chi connectivity index (χ0) is 18.5. The molecule has 0 rings (SSSR count). The third-order valence-electron chi connectivity index (χ3n) is 4.56. The highest BCUT2D eigenvalue weighted by molar-refractivity contribution is 5.79. The molecule has 0 amide bonds. The summed E-state index contributed by atoms with van der Waals surface area (Å²) >= 11 is 0. The van der Waals surface area contributed by atoms with E-state index >= 15 is 0 Å². The lowest BCUT2D eigenvalue weighted by atomic mass is 9.83. The van der Waals surface area contributed by atoms with E-state index in [1.54, 1.807) is 0 Å². The lowest BCUT2D eigenvalue weighted by molar-refractivity contribution is -0.154. The first-order valence-corrected chi connectivity index (χ1v) is 9.03. The number of hydrogen-bond donors (Lipinski definition) is 3. The minimum atomic E-state index is -1.07. The van der Waals surface area contributed by atoms with Gasteiger partial charge in [0.1, 0.15) is 0 Å². The molecule has 0 fully saturated rings. The van der Waals surface area contributed by atoms with Crippen LogP contribution in [0, 0.1) is 17.8 Å². The van der Waals surface area contributed by atoms with E-state index < -0.39 is 29.7 Å². The maximum Gasteiger partial charge on any atom is 0.307 e. The number of hydrogen-bond acceptors (Lipinski definition) is 3. The van der Waals surface area contributed by atoms with Gasteiger partial charge in [-0.1, -0.05) is 52.4 Å². The second-order valence-corrected chi connectivity index (χ2v) is 6.49. The highest BCUT2D eigenvalue weighted by Crippen LogP contribution is 2.26. The maximum atomic E-state index is 11.4. The number of aliphatic carboxylic acids is 3. The Hall–Kier alpha value is -1.59. The fraction of sp³-hybridized carbons (Fsp3) is 0.833. The van der Waals surface area contributed by atoms with Crippen LogP contribution in [-0.4, -0.2) is 33.2 Å². The summed E-state index contributed by atoms with van der Waals surface area (Å²) in [7, 11) is 0. The minimum Gasteiger partial charge on any atom is -0.481 e. The molecule has 0 aliphatic carbocycles. The van der Waals surface area contributed by atoms with Crippen molar-refractivity contribution in [1.82, 2.24) is 0 Å². The molecule has 0 radical (unpaired) electrons. The average Bonchev–Trinajstić information content (AvgIpc) is 2.51. The Kier molecular flexibility index (Phi) is 11.9. The molecule has 0 saturated carbocycles. The Morgan fingerprint density at radius 3 is 1.42 bits per heavy atom. The van der Waals surface area contributed by atoms with Crippen molar-refractivity contribution in [3.63, 3.8) is 0 Å². The maximum absolute atomic E-state index is 11.4. The van der Waals surface area contributed by atoms with E-state index in [0.717, 1.165) is 19.3 Å². The first-order valence-electron chi connectivity index (χ1n) is 9.03. The monoisotopic (exact) mass is 344 g/mol. The van der Waals surface area contributed by atoms with Gasteiger partial charge in [-0.05, 0) is 25.7 Å². The number of carbonyl (C=O) groups is 3. The van der Waals surface area contributed by atoms with Crippen LogP contribution in [0.25, 0.3) is 0 Å². The smallest absolute Gasteiger partial charge is 0.307 e. The molecular weight excluding hydrogens is 312 g/mol. The van der Waals surface area contributed by atoms with E-state index in [2.05, 4.69) is 0 Å². The van der Waals surface area contributed by atoms with Gasteiger partial charge >= 0.3 is 17.9 Å². The molecule has 6 nitrogen and oxygen atoms in total. The molecule has 24 heavy (non-hydrogen) atoms.